The van der Waals surface area contributed by atoms with E-state index in [0.717, 1.165) is 16.8 Å². The van der Waals surface area contributed by atoms with Gasteiger partial charge in [0.25, 0.3) is 0 Å². The fourth-order valence-corrected chi connectivity index (χ4v) is 3.30. The highest BCUT2D eigenvalue weighted by Gasteiger charge is 2.35. The predicted molar refractivity (Wildman–Crippen MR) is 101 cm³/mol. The van der Waals surface area contributed by atoms with Crippen LogP contribution in [-0.4, -0.2) is 49.6 Å². The molecule has 3 rings (SSSR count). The van der Waals surface area contributed by atoms with E-state index in [0.29, 0.717) is 13.0 Å². The van der Waals surface area contributed by atoms with E-state index in [1.54, 1.807) is 9.80 Å². The number of nitrogens with zero attached hydrogens (tertiary/aromatic N) is 2. The van der Waals surface area contributed by atoms with Crippen molar-refractivity contribution in [3.63, 3.8) is 0 Å². The van der Waals surface area contributed by atoms with Crippen molar-refractivity contribution in [2.45, 2.75) is 19.4 Å². The Kier molecular flexibility index (Phi) is 5.68. The maximum Gasteiger partial charge on any atom is 0.249 e. The largest absolute Gasteiger partial charge is 0.375 e. The van der Waals surface area contributed by atoms with Crippen LogP contribution in [-0.2, 0) is 20.7 Å². The molecule has 0 unspecified atom stereocenters. The molecule has 1 atom stereocenters. The van der Waals surface area contributed by atoms with Gasteiger partial charge in [-0.05, 0) is 31.0 Å². The van der Waals surface area contributed by atoms with Crippen molar-refractivity contribution >= 4 is 17.5 Å². The van der Waals surface area contributed by atoms with Crippen LogP contribution >= 0.6 is 0 Å². The monoisotopic (exact) mass is 352 g/mol. The minimum atomic E-state index is -0.148. The molecule has 136 valence electrons. The highest BCUT2D eigenvalue weighted by molar-refractivity contribution is 5.98. The van der Waals surface area contributed by atoms with E-state index in [4.69, 9.17) is 4.74 Å². The number of piperazine rings is 1. The zero-order valence-electron chi connectivity index (χ0n) is 15.2. The van der Waals surface area contributed by atoms with Crippen molar-refractivity contribution in [2.24, 2.45) is 0 Å². The molecule has 5 heteroatoms. The predicted octanol–water partition coefficient (Wildman–Crippen LogP) is 2.43. The highest BCUT2D eigenvalue weighted by Crippen LogP contribution is 2.23. The van der Waals surface area contributed by atoms with Crippen molar-refractivity contribution in [3.8, 4) is 0 Å². The molecule has 0 N–H and O–H groups in total. The summed E-state index contributed by atoms with van der Waals surface area (Å²) in [4.78, 5) is 28.6. The summed E-state index contributed by atoms with van der Waals surface area (Å²) in [5.74, 6) is -0.215. The Hall–Kier alpha value is -2.66. The summed E-state index contributed by atoms with van der Waals surface area (Å²) in [6, 6.07) is 17.9. The lowest BCUT2D eigenvalue weighted by Crippen LogP contribution is -2.59. The number of ether oxygens (including phenoxy) is 1. The molecule has 1 saturated heterocycles. The van der Waals surface area contributed by atoms with E-state index < -0.39 is 0 Å². The van der Waals surface area contributed by atoms with Gasteiger partial charge in [-0.2, -0.15) is 0 Å². The van der Waals surface area contributed by atoms with Crippen molar-refractivity contribution in [2.75, 3.05) is 31.7 Å². The lowest BCUT2D eigenvalue weighted by Gasteiger charge is -2.41. The van der Waals surface area contributed by atoms with Gasteiger partial charge in [-0.25, -0.2) is 0 Å². The molecule has 0 aromatic heterocycles. The van der Waals surface area contributed by atoms with E-state index in [9.17, 15) is 9.59 Å². The summed E-state index contributed by atoms with van der Waals surface area (Å²) < 4.78 is 5.00. The molecule has 1 aliphatic heterocycles. The van der Waals surface area contributed by atoms with Crippen molar-refractivity contribution < 1.29 is 14.3 Å². The third-order valence-corrected chi connectivity index (χ3v) is 4.69. The fourth-order valence-electron chi connectivity index (χ4n) is 3.30. The maximum absolute atomic E-state index is 12.7. The first-order chi connectivity index (χ1) is 12.6. The summed E-state index contributed by atoms with van der Waals surface area (Å²) in [6.45, 7) is 2.56. The maximum atomic E-state index is 12.7. The Bertz CT molecular complexity index is 759. The van der Waals surface area contributed by atoms with Gasteiger partial charge in [0.2, 0.25) is 11.8 Å². The summed E-state index contributed by atoms with van der Waals surface area (Å²) >= 11 is 0. The summed E-state index contributed by atoms with van der Waals surface area (Å²) in [5.41, 5.74) is 3.17. The first-order valence-electron chi connectivity index (χ1n) is 8.78. The third kappa shape index (κ3) is 4.11. The van der Waals surface area contributed by atoms with E-state index in [1.165, 1.54) is 7.11 Å². The third-order valence-electron chi connectivity index (χ3n) is 4.69. The second-order valence-electron chi connectivity index (χ2n) is 6.64. The zero-order valence-corrected chi connectivity index (χ0v) is 15.2. The number of carbonyl (C=O) groups excluding carboxylic acids is 2. The molecular weight excluding hydrogens is 328 g/mol. The van der Waals surface area contributed by atoms with Crippen molar-refractivity contribution in [1.82, 2.24) is 4.90 Å². The van der Waals surface area contributed by atoms with Crippen LogP contribution in [0, 0.1) is 6.92 Å². The minimum absolute atomic E-state index is 0.0108. The number of carbonyl (C=O) groups is 2. The Morgan fingerprint density at radius 1 is 1.12 bits per heavy atom. The molecule has 1 fully saturated rings. The number of hydrogen-bond acceptors (Lipinski definition) is 3. The number of hydrogen-bond donors (Lipinski definition) is 0. The van der Waals surface area contributed by atoms with Gasteiger partial charge in [0, 0.05) is 19.3 Å². The number of benzene rings is 2. The Labute approximate surface area is 154 Å². The number of anilines is 1. The SMILES string of the molecule is COCC(=O)N1CC(=O)N(c2ccc(C)cc2)C[C@H]1Cc1ccccc1. The summed E-state index contributed by atoms with van der Waals surface area (Å²) in [7, 11) is 1.49. The van der Waals surface area contributed by atoms with Crippen molar-refractivity contribution in [1.29, 1.82) is 0 Å². The Balaban J connectivity index is 1.85. The van der Waals surface area contributed by atoms with Crippen LogP contribution in [0.2, 0.25) is 0 Å². The molecule has 0 saturated carbocycles. The Morgan fingerprint density at radius 2 is 1.81 bits per heavy atom. The second-order valence-corrected chi connectivity index (χ2v) is 6.64. The smallest absolute Gasteiger partial charge is 0.249 e. The van der Waals surface area contributed by atoms with Crippen LogP contribution < -0.4 is 4.90 Å². The first-order valence-corrected chi connectivity index (χ1v) is 8.78. The quantitative estimate of drug-likeness (QED) is 0.830. The minimum Gasteiger partial charge on any atom is -0.375 e. The van der Waals surface area contributed by atoms with E-state index in [1.807, 2.05) is 61.5 Å². The van der Waals surface area contributed by atoms with Gasteiger partial charge >= 0.3 is 0 Å². The number of amides is 2. The number of methoxy groups -OCH3 is 1. The van der Waals surface area contributed by atoms with Gasteiger partial charge in [0.05, 0.1) is 6.04 Å². The molecule has 2 amide bonds. The topological polar surface area (TPSA) is 49.9 Å². The zero-order chi connectivity index (χ0) is 18.5. The van der Waals surface area contributed by atoms with Crippen LogP contribution in [0.15, 0.2) is 54.6 Å². The van der Waals surface area contributed by atoms with E-state index >= 15 is 0 Å². The second kappa shape index (κ2) is 8.15. The molecule has 0 spiro atoms. The van der Waals surface area contributed by atoms with Gasteiger partial charge < -0.3 is 14.5 Å². The molecule has 1 aliphatic rings. The van der Waals surface area contributed by atoms with Gasteiger partial charge in [-0.1, -0.05) is 48.0 Å². The van der Waals surface area contributed by atoms with Crippen LogP contribution in [0.4, 0.5) is 5.69 Å². The van der Waals surface area contributed by atoms with Gasteiger partial charge in [0.15, 0.2) is 0 Å². The van der Waals surface area contributed by atoms with Gasteiger partial charge in [-0.3, -0.25) is 9.59 Å². The lowest BCUT2D eigenvalue weighted by atomic mass is 10.0. The van der Waals surface area contributed by atoms with Crippen molar-refractivity contribution in [3.05, 3.63) is 65.7 Å². The summed E-state index contributed by atoms with van der Waals surface area (Å²) in [5, 5.41) is 0. The number of aryl methyl sites for hydroxylation is 1. The normalized spacial score (nSPS) is 17.5. The molecule has 0 aliphatic carbocycles. The molecule has 5 nitrogen and oxygen atoms in total. The van der Waals surface area contributed by atoms with Crippen LogP contribution in [0.1, 0.15) is 11.1 Å². The average Bonchev–Trinajstić information content (AvgIpc) is 2.65. The number of rotatable bonds is 5. The van der Waals surface area contributed by atoms with E-state index in [-0.39, 0.29) is 31.0 Å². The molecular formula is C21H24N2O3. The van der Waals surface area contributed by atoms with Gasteiger partial charge in [-0.15, -0.1) is 0 Å². The molecule has 0 bridgehead atoms. The molecule has 1 heterocycles. The summed E-state index contributed by atoms with van der Waals surface area (Å²) in [6.07, 6.45) is 0.700. The molecule has 26 heavy (non-hydrogen) atoms. The van der Waals surface area contributed by atoms with Gasteiger partial charge in [0.1, 0.15) is 13.2 Å². The highest BCUT2D eigenvalue weighted by atomic mass is 16.5. The molecule has 0 radical (unpaired) electrons. The lowest BCUT2D eigenvalue weighted by molar-refractivity contribution is -0.142. The van der Waals surface area contributed by atoms with Crippen LogP contribution in [0.3, 0.4) is 0 Å². The fraction of sp³-hybridized carbons (Fsp3) is 0.333. The average molecular weight is 352 g/mol. The molecule has 2 aromatic rings. The Morgan fingerprint density at radius 3 is 2.46 bits per heavy atom. The van der Waals surface area contributed by atoms with E-state index in [2.05, 4.69) is 0 Å². The first kappa shape index (κ1) is 18.1. The molecule has 2 aromatic carbocycles. The van der Waals surface area contributed by atoms with Crippen LogP contribution in [0.25, 0.3) is 0 Å². The standard InChI is InChI=1S/C21H24N2O3/c1-16-8-10-18(11-9-16)22-13-19(12-17-6-4-3-5-7-17)23(14-20(22)24)21(25)15-26-2/h3-11,19H,12-15H2,1-2H3/t19-/m1/s1. The van der Waals surface area contributed by atoms with Crippen LogP contribution in [0.5, 0.6) is 0 Å².